The van der Waals surface area contributed by atoms with Crippen molar-refractivity contribution in [3.63, 3.8) is 0 Å². The van der Waals surface area contributed by atoms with Gasteiger partial charge in [0.15, 0.2) is 5.96 Å². The summed E-state index contributed by atoms with van der Waals surface area (Å²) in [7, 11) is 1.82. The molecule has 1 aromatic rings. The Morgan fingerprint density at radius 3 is 2.83 bits per heavy atom. The third-order valence-corrected chi connectivity index (χ3v) is 6.58. The van der Waals surface area contributed by atoms with Gasteiger partial charge in [-0.25, -0.2) is 0 Å². The molecule has 1 aromatic carbocycles. The van der Waals surface area contributed by atoms with Crippen LogP contribution in [0.1, 0.15) is 12.0 Å². The second-order valence-electron chi connectivity index (χ2n) is 7.11. The van der Waals surface area contributed by atoms with E-state index in [-0.39, 0.29) is 29.5 Å². The Bertz CT molecular complexity index is 662. The maximum Gasteiger partial charge on any atom is 0.191 e. The van der Waals surface area contributed by atoms with Gasteiger partial charge in [0.2, 0.25) is 0 Å². The molecule has 29 heavy (non-hydrogen) atoms. The molecule has 2 N–H and O–H groups in total. The Kier molecular flexibility index (Phi) is 10.6. The molecule has 0 radical (unpaired) electrons. The van der Waals surface area contributed by atoms with E-state index in [2.05, 4.69) is 33.2 Å². The first-order valence-corrected chi connectivity index (χ1v) is 11.1. The fraction of sp³-hybridized carbons (Fsp3) is 0.571. The summed E-state index contributed by atoms with van der Waals surface area (Å²) in [5.74, 6) is 4.08. The first-order valence-electron chi connectivity index (χ1n) is 9.94. The number of morpholine rings is 1. The number of aliphatic imine (C=N–C) groups is 1. The van der Waals surface area contributed by atoms with Crippen molar-refractivity contribution in [1.82, 2.24) is 15.5 Å². The van der Waals surface area contributed by atoms with Crippen molar-refractivity contribution in [2.45, 2.75) is 18.5 Å². The molecule has 2 fully saturated rings. The van der Waals surface area contributed by atoms with Crippen molar-refractivity contribution < 1.29 is 9.47 Å². The van der Waals surface area contributed by atoms with E-state index in [1.807, 2.05) is 37.0 Å². The maximum absolute atomic E-state index is 5.75. The fourth-order valence-electron chi connectivity index (χ4n) is 3.72. The van der Waals surface area contributed by atoms with Crippen molar-refractivity contribution in [2.24, 2.45) is 4.99 Å². The summed E-state index contributed by atoms with van der Waals surface area (Å²) in [6.07, 6.45) is 2.97. The van der Waals surface area contributed by atoms with Crippen LogP contribution in [0.3, 0.4) is 0 Å². The van der Waals surface area contributed by atoms with Crippen molar-refractivity contribution >= 4 is 41.7 Å². The SMILES string of the molecule is C=CCOc1ccccc1CNC(=NC)NCC1(N2CCOCC2)CCSC1.I. The Morgan fingerprint density at radius 2 is 2.14 bits per heavy atom. The Hall–Kier alpha value is -0.970. The molecule has 2 heterocycles. The molecule has 3 rings (SSSR count). The van der Waals surface area contributed by atoms with Crippen LogP contribution < -0.4 is 15.4 Å². The first-order chi connectivity index (χ1) is 13.8. The van der Waals surface area contributed by atoms with Crippen LogP contribution in [0.5, 0.6) is 5.75 Å². The molecule has 0 aromatic heterocycles. The summed E-state index contributed by atoms with van der Waals surface area (Å²) in [5.41, 5.74) is 1.29. The Balaban J connectivity index is 0.00000300. The van der Waals surface area contributed by atoms with Crippen LogP contribution in [0.15, 0.2) is 41.9 Å². The second-order valence-corrected chi connectivity index (χ2v) is 8.22. The van der Waals surface area contributed by atoms with Gasteiger partial charge in [-0.05, 0) is 18.2 Å². The molecule has 0 spiro atoms. The van der Waals surface area contributed by atoms with Gasteiger partial charge in [-0.2, -0.15) is 11.8 Å². The number of hydrogen-bond donors (Lipinski definition) is 2. The molecular weight excluding hydrogens is 499 g/mol. The molecule has 0 bridgehead atoms. The predicted molar refractivity (Wildman–Crippen MR) is 133 cm³/mol. The van der Waals surface area contributed by atoms with Crippen molar-refractivity contribution in [3.05, 3.63) is 42.5 Å². The average Bonchev–Trinajstić information content (AvgIpc) is 3.24. The summed E-state index contributed by atoms with van der Waals surface area (Å²) < 4.78 is 11.3. The van der Waals surface area contributed by atoms with Crippen LogP contribution in [-0.4, -0.2) is 74.4 Å². The molecule has 0 amide bonds. The van der Waals surface area contributed by atoms with Gasteiger partial charge in [-0.1, -0.05) is 30.9 Å². The third-order valence-electron chi connectivity index (χ3n) is 5.35. The molecule has 1 unspecified atom stereocenters. The topological polar surface area (TPSA) is 58.1 Å². The zero-order chi connectivity index (χ0) is 19.7. The summed E-state index contributed by atoms with van der Waals surface area (Å²) in [6.45, 7) is 9.48. The third kappa shape index (κ3) is 6.77. The molecule has 162 valence electrons. The highest BCUT2D eigenvalue weighted by atomic mass is 127. The van der Waals surface area contributed by atoms with Gasteiger partial charge >= 0.3 is 0 Å². The Labute approximate surface area is 195 Å². The highest BCUT2D eigenvalue weighted by molar-refractivity contribution is 14.0. The molecule has 0 saturated carbocycles. The van der Waals surface area contributed by atoms with E-state index in [4.69, 9.17) is 9.47 Å². The maximum atomic E-state index is 5.75. The average molecular weight is 532 g/mol. The molecule has 0 aliphatic carbocycles. The number of para-hydroxylation sites is 1. The minimum atomic E-state index is 0. The fourth-order valence-corrected chi connectivity index (χ4v) is 5.20. The van der Waals surface area contributed by atoms with Gasteiger partial charge in [-0.15, -0.1) is 24.0 Å². The van der Waals surface area contributed by atoms with E-state index in [0.29, 0.717) is 13.2 Å². The van der Waals surface area contributed by atoms with E-state index in [0.717, 1.165) is 55.9 Å². The summed E-state index contributed by atoms with van der Waals surface area (Å²) in [4.78, 5) is 7.03. The van der Waals surface area contributed by atoms with E-state index in [1.165, 1.54) is 12.2 Å². The summed E-state index contributed by atoms with van der Waals surface area (Å²) in [5, 5.41) is 7.00. The molecule has 6 nitrogen and oxygen atoms in total. The lowest BCUT2D eigenvalue weighted by Crippen LogP contribution is -2.60. The molecule has 2 aliphatic heterocycles. The van der Waals surface area contributed by atoms with E-state index in [1.54, 1.807) is 6.08 Å². The van der Waals surface area contributed by atoms with Gasteiger partial charge in [0, 0.05) is 50.1 Å². The van der Waals surface area contributed by atoms with Crippen LogP contribution >= 0.6 is 35.7 Å². The van der Waals surface area contributed by atoms with E-state index in [9.17, 15) is 0 Å². The predicted octanol–water partition coefficient (Wildman–Crippen LogP) is 2.74. The highest BCUT2D eigenvalue weighted by Crippen LogP contribution is 2.33. The number of guanidine groups is 1. The number of nitrogens with one attached hydrogen (secondary N) is 2. The molecule has 8 heteroatoms. The van der Waals surface area contributed by atoms with Crippen molar-refractivity contribution in [3.8, 4) is 5.75 Å². The minimum absolute atomic E-state index is 0. The van der Waals surface area contributed by atoms with Crippen LogP contribution in [0.25, 0.3) is 0 Å². The van der Waals surface area contributed by atoms with E-state index >= 15 is 0 Å². The number of hydrogen-bond acceptors (Lipinski definition) is 5. The number of ether oxygens (including phenoxy) is 2. The summed E-state index contributed by atoms with van der Waals surface area (Å²) in [6, 6.07) is 8.07. The largest absolute Gasteiger partial charge is 0.489 e. The van der Waals surface area contributed by atoms with Crippen LogP contribution in [0.4, 0.5) is 0 Å². The molecule has 1 atom stereocenters. The lowest BCUT2D eigenvalue weighted by Gasteiger charge is -2.43. The minimum Gasteiger partial charge on any atom is -0.489 e. The van der Waals surface area contributed by atoms with Gasteiger partial charge in [0.05, 0.1) is 13.2 Å². The highest BCUT2D eigenvalue weighted by Gasteiger charge is 2.40. The lowest BCUT2D eigenvalue weighted by molar-refractivity contribution is -0.0120. The number of thioether (sulfide) groups is 1. The number of rotatable bonds is 8. The van der Waals surface area contributed by atoms with Crippen LogP contribution in [0, 0.1) is 0 Å². The number of halogens is 1. The second kappa shape index (κ2) is 12.7. The van der Waals surface area contributed by atoms with Gasteiger partial charge < -0.3 is 20.1 Å². The quantitative estimate of drug-likeness (QED) is 0.233. The Morgan fingerprint density at radius 1 is 1.34 bits per heavy atom. The van der Waals surface area contributed by atoms with Gasteiger partial charge in [-0.3, -0.25) is 9.89 Å². The monoisotopic (exact) mass is 532 g/mol. The van der Waals surface area contributed by atoms with Crippen LogP contribution in [0.2, 0.25) is 0 Å². The number of nitrogens with zero attached hydrogens (tertiary/aromatic N) is 2. The lowest BCUT2D eigenvalue weighted by atomic mass is 9.95. The zero-order valence-electron chi connectivity index (χ0n) is 17.2. The van der Waals surface area contributed by atoms with Gasteiger partial charge in [0.25, 0.3) is 0 Å². The normalized spacial score (nSPS) is 22.6. The summed E-state index contributed by atoms with van der Waals surface area (Å²) >= 11 is 2.05. The van der Waals surface area contributed by atoms with Crippen molar-refractivity contribution in [2.75, 3.05) is 58.0 Å². The van der Waals surface area contributed by atoms with E-state index < -0.39 is 0 Å². The van der Waals surface area contributed by atoms with Gasteiger partial charge in [0.1, 0.15) is 12.4 Å². The zero-order valence-corrected chi connectivity index (χ0v) is 20.3. The standard InChI is InChI=1S/C21H32N4O2S.HI/c1-3-11-27-19-7-5-4-6-18(19)15-23-20(22-2)24-16-21(8-14-28-17-21)25-9-12-26-13-10-25;/h3-7H,1,8-17H2,2H3,(H2,22,23,24);1H. The first kappa shape index (κ1) is 24.3. The van der Waals surface area contributed by atoms with Crippen LogP contribution in [-0.2, 0) is 11.3 Å². The smallest absolute Gasteiger partial charge is 0.191 e. The molecular formula is C21H33IN4O2S. The number of benzene rings is 1. The molecule has 2 saturated heterocycles. The molecule has 2 aliphatic rings. The van der Waals surface area contributed by atoms with Crippen molar-refractivity contribution in [1.29, 1.82) is 0 Å².